The van der Waals surface area contributed by atoms with Crippen LogP contribution in [0.4, 0.5) is 0 Å². The predicted molar refractivity (Wildman–Crippen MR) is 170 cm³/mol. The van der Waals surface area contributed by atoms with Crippen LogP contribution in [0.25, 0.3) is 11.1 Å². The summed E-state index contributed by atoms with van der Waals surface area (Å²) < 4.78 is 13.2. The van der Waals surface area contributed by atoms with E-state index in [4.69, 9.17) is 9.47 Å². The smallest absolute Gasteiger partial charge is 0.251 e. The van der Waals surface area contributed by atoms with E-state index < -0.39 is 6.29 Å². The van der Waals surface area contributed by atoms with Crippen molar-refractivity contribution in [2.24, 2.45) is 5.92 Å². The average Bonchev–Trinajstić information content (AvgIpc) is 3.49. The van der Waals surface area contributed by atoms with Gasteiger partial charge in [-0.3, -0.25) is 9.69 Å². The quantitative estimate of drug-likeness (QED) is 0.233. The van der Waals surface area contributed by atoms with Gasteiger partial charge in [0.1, 0.15) is 0 Å². The fraction of sp³-hybridized carbons (Fsp3) is 0.324. The molecule has 3 N–H and O–H groups in total. The third-order valence-electron chi connectivity index (χ3n) is 8.74. The summed E-state index contributed by atoms with van der Waals surface area (Å²) in [4.78, 5) is 14.8. The highest BCUT2D eigenvalue weighted by molar-refractivity contribution is 5.94. The number of nitrogens with one attached hydrogen (secondary N) is 1. The summed E-state index contributed by atoms with van der Waals surface area (Å²) in [6.07, 6.45) is -0.297. The third kappa shape index (κ3) is 7.09. The van der Waals surface area contributed by atoms with Crippen molar-refractivity contribution in [2.75, 3.05) is 19.6 Å². The number of benzene rings is 4. The number of β-amino-alcohol motifs (C(OH)–C–C–N with tert-alkyl or cyclic N) is 1. The van der Waals surface area contributed by atoms with Gasteiger partial charge in [-0.2, -0.15) is 0 Å². The van der Waals surface area contributed by atoms with E-state index in [0.29, 0.717) is 18.7 Å². The molecule has 2 aliphatic rings. The molecule has 0 aromatic heterocycles. The molecule has 0 radical (unpaired) electrons. The molecule has 1 amide bonds. The van der Waals surface area contributed by atoms with Crippen LogP contribution in [0.3, 0.4) is 0 Å². The summed E-state index contributed by atoms with van der Waals surface area (Å²) in [5.41, 5.74) is 6.66. The van der Waals surface area contributed by atoms with Gasteiger partial charge in [0.05, 0.1) is 24.9 Å². The lowest BCUT2D eigenvalue weighted by atomic mass is 9.90. The normalized spacial score (nSPS) is 23.8. The molecule has 44 heavy (non-hydrogen) atoms. The molecule has 228 valence electrons. The van der Waals surface area contributed by atoms with E-state index in [1.807, 2.05) is 66.7 Å². The van der Waals surface area contributed by atoms with E-state index in [-0.39, 0.29) is 36.7 Å². The second kappa shape index (κ2) is 13.8. The maximum atomic E-state index is 12.5. The Morgan fingerprint density at radius 2 is 1.61 bits per heavy atom. The van der Waals surface area contributed by atoms with E-state index in [2.05, 4.69) is 53.5 Å². The number of likely N-dealkylation sites (tertiary alicyclic amines) is 1. The van der Waals surface area contributed by atoms with Crippen molar-refractivity contribution in [1.29, 1.82) is 0 Å². The maximum Gasteiger partial charge on any atom is 0.251 e. The molecule has 5 atom stereocenters. The molecule has 0 aliphatic carbocycles. The first-order valence-corrected chi connectivity index (χ1v) is 15.4. The monoisotopic (exact) mass is 592 g/mol. The highest BCUT2D eigenvalue weighted by Gasteiger charge is 2.39. The van der Waals surface area contributed by atoms with Crippen LogP contribution in [0.1, 0.15) is 58.4 Å². The summed E-state index contributed by atoms with van der Waals surface area (Å²) in [6.45, 7) is 4.87. The first-order valence-electron chi connectivity index (χ1n) is 15.4. The number of carbonyl (C=O) groups is 1. The molecule has 6 rings (SSSR count). The number of amides is 1. The van der Waals surface area contributed by atoms with E-state index in [0.717, 1.165) is 52.9 Å². The van der Waals surface area contributed by atoms with Crippen molar-refractivity contribution in [3.05, 3.63) is 131 Å². The lowest BCUT2D eigenvalue weighted by molar-refractivity contribution is -0.276. The summed E-state index contributed by atoms with van der Waals surface area (Å²) in [5.74, 6) is -0.00243. The molecule has 0 spiro atoms. The van der Waals surface area contributed by atoms with Crippen LogP contribution in [-0.4, -0.2) is 52.9 Å². The number of carbonyl (C=O) groups excluding carboxylic acids is 1. The Labute approximate surface area is 259 Å². The zero-order chi connectivity index (χ0) is 30.5. The summed E-state index contributed by atoms with van der Waals surface area (Å²) in [5, 5.41) is 22.6. The molecule has 0 bridgehead atoms. The lowest BCUT2D eigenvalue weighted by Gasteiger charge is -2.42. The Morgan fingerprint density at radius 3 is 2.32 bits per heavy atom. The van der Waals surface area contributed by atoms with Crippen LogP contribution < -0.4 is 5.32 Å². The van der Waals surface area contributed by atoms with Gasteiger partial charge < -0.3 is 25.0 Å². The maximum absolute atomic E-state index is 12.5. The number of nitrogens with zero attached hydrogens (tertiary/aromatic N) is 1. The Bertz CT molecular complexity index is 1530. The van der Waals surface area contributed by atoms with Crippen molar-refractivity contribution in [1.82, 2.24) is 10.2 Å². The lowest BCUT2D eigenvalue weighted by Crippen LogP contribution is -2.44. The second-order valence-electron chi connectivity index (χ2n) is 11.9. The zero-order valence-corrected chi connectivity index (χ0v) is 25.0. The van der Waals surface area contributed by atoms with Crippen molar-refractivity contribution in [2.45, 2.75) is 51.1 Å². The summed E-state index contributed by atoms with van der Waals surface area (Å²) in [6, 6.07) is 33.6. The van der Waals surface area contributed by atoms with Crippen LogP contribution in [0, 0.1) is 5.92 Å². The van der Waals surface area contributed by atoms with Gasteiger partial charge in [-0.15, -0.1) is 0 Å². The van der Waals surface area contributed by atoms with Gasteiger partial charge in [0.2, 0.25) is 0 Å². The topological polar surface area (TPSA) is 91.3 Å². The van der Waals surface area contributed by atoms with Crippen LogP contribution in [0.5, 0.6) is 0 Å². The molecule has 7 heteroatoms. The molecule has 2 saturated heterocycles. The van der Waals surface area contributed by atoms with Gasteiger partial charge in [0.25, 0.3) is 5.91 Å². The fourth-order valence-electron chi connectivity index (χ4n) is 6.13. The number of aliphatic hydroxyl groups excluding tert-OH is 2. The highest BCUT2D eigenvalue weighted by Crippen LogP contribution is 2.42. The Balaban J connectivity index is 1.17. The number of hydrogen-bond acceptors (Lipinski definition) is 6. The molecule has 0 saturated carbocycles. The van der Waals surface area contributed by atoms with E-state index in [1.54, 1.807) is 0 Å². The molecule has 7 nitrogen and oxygen atoms in total. The van der Waals surface area contributed by atoms with Gasteiger partial charge in [-0.25, -0.2) is 0 Å². The van der Waals surface area contributed by atoms with Crippen molar-refractivity contribution in [3.63, 3.8) is 0 Å². The van der Waals surface area contributed by atoms with Crippen molar-refractivity contribution >= 4 is 5.91 Å². The molecule has 0 unspecified atom stereocenters. The first-order chi connectivity index (χ1) is 21.5. The fourth-order valence-corrected chi connectivity index (χ4v) is 6.13. The van der Waals surface area contributed by atoms with Crippen LogP contribution in [0.2, 0.25) is 0 Å². The molecule has 4 aromatic rings. The number of aliphatic hydroxyl groups is 2. The highest BCUT2D eigenvalue weighted by atomic mass is 16.7. The predicted octanol–water partition coefficient (Wildman–Crippen LogP) is 5.63. The largest absolute Gasteiger partial charge is 0.392 e. The number of ether oxygens (including phenoxy) is 2. The number of rotatable bonds is 9. The van der Waals surface area contributed by atoms with Crippen LogP contribution >= 0.6 is 0 Å². The van der Waals surface area contributed by atoms with Crippen molar-refractivity contribution in [3.8, 4) is 11.1 Å². The molecule has 2 heterocycles. The standard InChI is InChI=1S/C37H40N2O5/c1-25-34(23-39-19-18-33(41)22-39)43-37(44-35(25)29-12-10-26(24-40)11-13-29)31-16-14-28(15-17-31)32-9-5-6-27(20-32)21-38-36(42)30-7-3-2-4-8-30/h2-17,20,25,33-35,37,40-41H,18-19,21-24H2,1H3,(H,38,42)/t25-,33-,34+,35+,37+/m0/s1. The molecule has 2 fully saturated rings. The van der Waals surface area contributed by atoms with E-state index in [9.17, 15) is 15.0 Å². The van der Waals surface area contributed by atoms with Crippen molar-refractivity contribution < 1.29 is 24.5 Å². The summed E-state index contributed by atoms with van der Waals surface area (Å²) >= 11 is 0. The Morgan fingerprint density at radius 1 is 0.864 bits per heavy atom. The first kappa shape index (κ1) is 30.2. The van der Waals surface area contributed by atoms with Gasteiger partial charge >= 0.3 is 0 Å². The third-order valence-corrected chi connectivity index (χ3v) is 8.74. The van der Waals surface area contributed by atoms with Gasteiger partial charge in [-0.05, 0) is 52.4 Å². The van der Waals surface area contributed by atoms with Gasteiger partial charge in [-0.1, -0.05) is 91.9 Å². The number of hydrogen-bond donors (Lipinski definition) is 3. The Kier molecular flexibility index (Phi) is 9.50. The van der Waals surface area contributed by atoms with Gasteiger partial charge in [0.15, 0.2) is 6.29 Å². The summed E-state index contributed by atoms with van der Waals surface area (Å²) in [7, 11) is 0. The zero-order valence-electron chi connectivity index (χ0n) is 25.0. The van der Waals surface area contributed by atoms with E-state index >= 15 is 0 Å². The second-order valence-corrected chi connectivity index (χ2v) is 11.9. The minimum absolute atomic E-state index is 0.00455. The molecular formula is C37H40N2O5. The van der Waals surface area contributed by atoms with Crippen LogP contribution in [0.15, 0.2) is 103 Å². The van der Waals surface area contributed by atoms with E-state index in [1.165, 1.54) is 0 Å². The van der Waals surface area contributed by atoms with Crippen LogP contribution in [-0.2, 0) is 22.6 Å². The Hall–Kier alpha value is -3.85. The molecule has 4 aromatic carbocycles. The minimum Gasteiger partial charge on any atom is -0.392 e. The average molecular weight is 593 g/mol. The SMILES string of the molecule is C[C@H]1[C@@H](CN2CC[C@H](O)C2)O[C@@H](c2ccc(-c3cccc(CNC(=O)c4ccccc4)c3)cc2)O[C@H]1c1ccc(CO)cc1. The van der Waals surface area contributed by atoms with Gasteiger partial charge in [0, 0.05) is 43.2 Å². The minimum atomic E-state index is -0.542. The molecule has 2 aliphatic heterocycles. The molecular weight excluding hydrogens is 552 g/mol.